The second-order valence-electron chi connectivity index (χ2n) is 5.52. The summed E-state index contributed by atoms with van der Waals surface area (Å²) in [7, 11) is 0. The van der Waals surface area contributed by atoms with Crippen molar-refractivity contribution in [2.24, 2.45) is 5.92 Å². The largest absolute Gasteiger partial charge is 0.396 e. The van der Waals surface area contributed by atoms with E-state index in [4.69, 9.17) is 5.11 Å². The molecule has 0 aromatic heterocycles. The molecule has 1 aliphatic carbocycles. The van der Waals surface area contributed by atoms with Gasteiger partial charge in [0, 0.05) is 31.8 Å². The summed E-state index contributed by atoms with van der Waals surface area (Å²) < 4.78 is 0. The van der Waals surface area contributed by atoms with Crippen LogP contribution >= 0.6 is 0 Å². The molecule has 102 valence electrons. The van der Waals surface area contributed by atoms with Crippen molar-refractivity contribution in [1.82, 2.24) is 10.2 Å². The molecule has 1 saturated carbocycles. The van der Waals surface area contributed by atoms with Crippen LogP contribution in [0.4, 0.5) is 0 Å². The Hall–Kier alpha value is -0.120. The molecule has 0 saturated heterocycles. The summed E-state index contributed by atoms with van der Waals surface area (Å²) in [5.74, 6) is 0.802. The topological polar surface area (TPSA) is 35.5 Å². The fourth-order valence-electron chi connectivity index (χ4n) is 2.92. The third-order valence-corrected chi connectivity index (χ3v) is 3.93. The zero-order valence-electron chi connectivity index (χ0n) is 11.8. The van der Waals surface area contributed by atoms with E-state index in [0.29, 0.717) is 12.6 Å². The molecule has 1 fully saturated rings. The number of rotatable bonds is 8. The first-order valence-corrected chi connectivity index (χ1v) is 7.27. The summed E-state index contributed by atoms with van der Waals surface area (Å²) in [5.41, 5.74) is 0. The van der Waals surface area contributed by atoms with Crippen molar-refractivity contribution >= 4 is 0 Å². The molecule has 0 bridgehead atoms. The Labute approximate surface area is 107 Å². The zero-order valence-corrected chi connectivity index (χ0v) is 11.8. The van der Waals surface area contributed by atoms with Crippen LogP contribution in [-0.4, -0.2) is 48.3 Å². The molecule has 17 heavy (non-hydrogen) atoms. The lowest BCUT2D eigenvalue weighted by Gasteiger charge is -2.31. The summed E-state index contributed by atoms with van der Waals surface area (Å²) in [4.78, 5) is 2.52. The lowest BCUT2D eigenvalue weighted by molar-refractivity contribution is 0.158. The van der Waals surface area contributed by atoms with Crippen molar-refractivity contribution in [2.45, 2.75) is 58.5 Å². The van der Waals surface area contributed by atoms with Crippen molar-refractivity contribution in [2.75, 3.05) is 26.2 Å². The molecule has 3 nitrogen and oxygen atoms in total. The molecule has 0 radical (unpaired) electrons. The third-order valence-electron chi connectivity index (χ3n) is 3.93. The summed E-state index contributed by atoms with van der Waals surface area (Å²) in [6.45, 7) is 10.3. The van der Waals surface area contributed by atoms with Crippen LogP contribution in [0.3, 0.4) is 0 Å². The fourth-order valence-corrected chi connectivity index (χ4v) is 2.92. The highest BCUT2D eigenvalue weighted by molar-refractivity contribution is 4.85. The van der Waals surface area contributed by atoms with Crippen LogP contribution in [0.25, 0.3) is 0 Å². The monoisotopic (exact) mass is 242 g/mol. The van der Waals surface area contributed by atoms with E-state index in [1.165, 1.54) is 25.8 Å². The minimum atomic E-state index is 0.310. The van der Waals surface area contributed by atoms with Crippen LogP contribution in [0.2, 0.25) is 0 Å². The Bertz CT molecular complexity index is 197. The Kier molecular flexibility index (Phi) is 7.09. The van der Waals surface area contributed by atoms with E-state index in [1.807, 2.05) is 0 Å². The normalized spacial score (nSPS) is 25.1. The quantitative estimate of drug-likeness (QED) is 0.682. The van der Waals surface area contributed by atoms with E-state index in [1.54, 1.807) is 0 Å². The summed E-state index contributed by atoms with van der Waals surface area (Å²) in [6, 6.07) is 1.31. The van der Waals surface area contributed by atoms with Gasteiger partial charge in [0.1, 0.15) is 0 Å². The molecule has 0 aromatic rings. The molecule has 1 rings (SSSR count). The van der Waals surface area contributed by atoms with Gasteiger partial charge in [-0.25, -0.2) is 0 Å². The van der Waals surface area contributed by atoms with Gasteiger partial charge in [-0.15, -0.1) is 0 Å². The molecule has 2 unspecified atom stereocenters. The highest BCUT2D eigenvalue weighted by Gasteiger charge is 2.28. The Balaban J connectivity index is 2.41. The van der Waals surface area contributed by atoms with Crippen LogP contribution < -0.4 is 5.32 Å². The molecular formula is C14H30N2O. The molecule has 0 aliphatic heterocycles. The Morgan fingerprint density at radius 1 is 1.35 bits per heavy atom. The van der Waals surface area contributed by atoms with E-state index in [2.05, 4.69) is 31.0 Å². The molecule has 2 atom stereocenters. The van der Waals surface area contributed by atoms with Crippen molar-refractivity contribution in [1.29, 1.82) is 0 Å². The number of aliphatic hydroxyl groups excluding tert-OH is 1. The van der Waals surface area contributed by atoms with Crippen LogP contribution in [-0.2, 0) is 0 Å². The minimum absolute atomic E-state index is 0.310. The van der Waals surface area contributed by atoms with Crippen LogP contribution in [0.1, 0.15) is 46.5 Å². The summed E-state index contributed by atoms with van der Waals surface area (Å²) >= 11 is 0. The van der Waals surface area contributed by atoms with Gasteiger partial charge in [-0.05, 0) is 45.6 Å². The van der Waals surface area contributed by atoms with Crippen molar-refractivity contribution in [3.8, 4) is 0 Å². The smallest absolute Gasteiger partial charge is 0.0443 e. The van der Waals surface area contributed by atoms with Gasteiger partial charge < -0.3 is 15.3 Å². The number of hydrogen-bond donors (Lipinski definition) is 2. The molecule has 2 N–H and O–H groups in total. The average Bonchev–Trinajstić information content (AvgIpc) is 2.72. The Morgan fingerprint density at radius 3 is 2.71 bits per heavy atom. The number of nitrogens with zero attached hydrogens (tertiary/aromatic N) is 1. The molecular weight excluding hydrogens is 212 g/mol. The maximum atomic E-state index is 8.95. The molecule has 1 aliphatic rings. The van der Waals surface area contributed by atoms with E-state index >= 15 is 0 Å². The standard InChI is InChI=1S/C14H30N2O/c1-4-15-14-8-5-7-13(14)11-16(12(2)3)9-6-10-17/h12-15,17H,4-11H2,1-3H3. The van der Waals surface area contributed by atoms with E-state index in [-0.39, 0.29) is 0 Å². The first-order chi connectivity index (χ1) is 8.19. The Morgan fingerprint density at radius 2 is 2.12 bits per heavy atom. The summed E-state index contributed by atoms with van der Waals surface area (Å²) in [5, 5.41) is 12.6. The van der Waals surface area contributed by atoms with Crippen molar-refractivity contribution in [3.63, 3.8) is 0 Å². The van der Waals surface area contributed by atoms with Crippen LogP contribution in [0.15, 0.2) is 0 Å². The predicted molar refractivity (Wildman–Crippen MR) is 73.2 cm³/mol. The predicted octanol–water partition coefficient (Wildman–Crippen LogP) is 1.86. The molecule has 0 amide bonds. The van der Waals surface area contributed by atoms with E-state index in [0.717, 1.165) is 31.5 Å². The highest BCUT2D eigenvalue weighted by Crippen LogP contribution is 2.27. The van der Waals surface area contributed by atoms with Gasteiger partial charge in [-0.3, -0.25) is 0 Å². The lowest BCUT2D eigenvalue weighted by Crippen LogP contribution is -2.42. The number of nitrogens with one attached hydrogen (secondary N) is 1. The first kappa shape index (κ1) is 14.9. The molecule has 0 spiro atoms. The lowest BCUT2D eigenvalue weighted by atomic mass is 10.0. The fraction of sp³-hybridized carbons (Fsp3) is 1.00. The van der Waals surface area contributed by atoms with Gasteiger partial charge in [0.2, 0.25) is 0 Å². The van der Waals surface area contributed by atoms with Gasteiger partial charge in [0.25, 0.3) is 0 Å². The summed E-state index contributed by atoms with van der Waals surface area (Å²) in [6.07, 6.45) is 4.97. The van der Waals surface area contributed by atoms with Crippen LogP contribution in [0.5, 0.6) is 0 Å². The second kappa shape index (κ2) is 8.06. The van der Waals surface area contributed by atoms with Gasteiger partial charge in [-0.1, -0.05) is 13.3 Å². The first-order valence-electron chi connectivity index (χ1n) is 7.27. The van der Waals surface area contributed by atoms with Crippen LogP contribution in [0, 0.1) is 5.92 Å². The second-order valence-corrected chi connectivity index (χ2v) is 5.52. The van der Waals surface area contributed by atoms with Gasteiger partial charge in [-0.2, -0.15) is 0 Å². The maximum absolute atomic E-state index is 8.95. The molecule has 0 aromatic carbocycles. The van der Waals surface area contributed by atoms with E-state index in [9.17, 15) is 0 Å². The van der Waals surface area contributed by atoms with Crippen molar-refractivity contribution in [3.05, 3.63) is 0 Å². The van der Waals surface area contributed by atoms with Gasteiger partial charge in [0.05, 0.1) is 0 Å². The average molecular weight is 242 g/mol. The molecule has 0 heterocycles. The minimum Gasteiger partial charge on any atom is -0.396 e. The third kappa shape index (κ3) is 4.94. The molecule has 3 heteroatoms. The number of hydrogen-bond acceptors (Lipinski definition) is 3. The van der Waals surface area contributed by atoms with Crippen molar-refractivity contribution < 1.29 is 5.11 Å². The van der Waals surface area contributed by atoms with E-state index < -0.39 is 0 Å². The SMILES string of the molecule is CCNC1CCCC1CN(CCCO)C(C)C. The highest BCUT2D eigenvalue weighted by atomic mass is 16.3. The zero-order chi connectivity index (χ0) is 12.7. The van der Waals surface area contributed by atoms with Gasteiger partial charge in [0.15, 0.2) is 0 Å². The maximum Gasteiger partial charge on any atom is 0.0443 e. The number of aliphatic hydroxyl groups is 1. The van der Waals surface area contributed by atoms with Gasteiger partial charge >= 0.3 is 0 Å².